The van der Waals surface area contributed by atoms with Gasteiger partial charge in [-0.1, -0.05) is 65.2 Å². The van der Waals surface area contributed by atoms with Crippen molar-refractivity contribution in [3.8, 4) is 0 Å². The van der Waals surface area contributed by atoms with Crippen LogP contribution >= 0.6 is 0 Å². The van der Waals surface area contributed by atoms with Gasteiger partial charge in [0.05, 0.1) is 6.61 Å². The first kappa shape index (κ1) is 20.9. The van der Waals surface area contributed by atoms with Crippen LogP contribution in [-0.2, 0) is 14.3 Å². The van der Waals surface area contributed by atoms with Crippen LogP contribution in [0.3, 0.4) is 0 Å². The molecular weight excluding hydrogens is 278 g/mol. The van der Waals surface area contributed by atoms with Crippen LogP contribution in [0.5, 0.6) is 0 Å². The number of amides is 1. The van der Waals surface area contributed by atoms with E-state index in [9.17, 15) is 9.59 Å². The number of hydrogen-bond donors (Lipinski definition) is 1. The first-order chi connectivity index (χ1) is 10.6. The monoisotopic (exact) mass is 313 g/mol. The molecular formula is C18H35NO3. The van der Waals surface area contributed by atoms with Gasteiger partial charge in [0.15, 0.2) is 0 Å². The molecule has 0 spiro atoms. The molecule has 4 heteroatoms. The van der Waals surface area contributed by atoms with Gasteiger partial charge >= 0.3 is 5.97 Å². The molecule has 0 fully saturated rings. The third kappa shape index (κ3) is 12.7. The predicted molar refractivity (Wildman–Crippen MR) is 90.7 cm³/mol. The van der Waals surface area contributed by atoms with E-state index < -0.39 is 6.04 Å². The summed E-state index contributed by atoms with van der Waals surface area (Å²) in [6, 6.07) is -0.543. The Labute approximate surface area is 136 Å². The third-order valence-electron chi connectivity index (χ3n) is 3.73. The molecule has 0 bridgehead atoms. The second-order valence-corrected chi connectivity index (χ2v) is 6.04. The van der Waals surface area contributed by atoms with Gasteiger partial charge in [-0.15, -0.1) is 0 Å². The zero-order chi connectivity index (χ0) is 16.6. The van der Waals surface area contributed by atoms with Gasteiger partial charge in [0.2, 0.25) is 5.91 Å². The molecule has 0 saturated carbocycles. The lowest BCUT2D eigenvalue weighted by Crippen LogP contribution is -2.39. The molecule has 0 aromatic carbocycles. The second-order valence-electron chi connectivity index (χ2n) is 6.04. The van der Waals surface area contributed by atoms with Crippen LogP contribution in [0.25, 0.3) is 0 Å². The van der Waals surface area contributed by atoms with Gasteiger partial charge in [0, 0.05) is 6.42 Å². The van der Waals surface area contributed by atoms with E-state index >= 15 is 0 Å². The summed E-state index contributed by atoms with van der Waals surface area (Å²) in [6.45, 7) is 6.49. The zero-order valence-corrected chi connectivity index (χ0v) is 14.8. The van der Waals surface area contributed by atoms with Crippen LogP contribution in [0.1, 0.15) is 91.4 Å². The van der Waals surface area contributed by atoms with E-state index in [1.54, 1.807) is 6.92 Å². The van der Waals surface area contributed by atoms with Gasteiger partial charge in [-0.3, -0.25) is 4.79 Å². The molecule has 1 N–H and O–H groups in total. The van der Waals surface area contributed by atoms with Crippen molar-refractivity contribution < 1.29 is 14.3 Å². The van der Waals surface area contributed by atoms with Gasteiger partial charge in [-0.05, 0) is 19.8 Å². The van der Waals surface area contributed by atoms with Gasteiger partial charge in [0.1, 0.15) is 6.04 Å². The van der Waals surface area contributed by atoms with Gasteiger partial charge in [0.25, 0.3) is 0 Å². The molecule has 1 atom stereocenters. The number of hydrogen-bond acceptors (Lipinski definition) is 3. The maximum absolute atomic E-state index is 11.7. The summed E-state index contributed by atoms with van der Waals surface area (Å²) in [5, 5.41) is 2.72. The Morgan fingerprint density at radius 2 is 1.41 bits per heavy atom. The van der Waals surface area contributed by atoms with Crippen LogP contribution in [0.15, 0.2) is 0 Å². The molecule has 0 aliphatic rings. The molecule has 1 amide bonds. The van der Waals surface area contributed by atoms with Crippen molar-refractivity contribution in [1.82, 2.24) is 5.32 Å². The van der Waals surface area contributed by atoms with E-state index in [1.807, 2.05) is 0 Å². The Hall–Kier alpha value is -1.06. The largest absolute Gasteiger partial charge is 0.464 e. The maximum atomic E-state index is 11.7. The summed E-state index contributed by atoms with van der Waals surface area (Å²) in [5.41, 5.74) is 0. The molecule has 0 aliphatic carbocycles. The number of rotatable bonds is 14. The molecule has 0 rings (SSSR count). The molecule has 4 nitrogen and oxygen atoms in total. The SMILES string of the molecule is CCCCCCCOC(=O)C(C)NC(=O)CCCCCCC. The molecule has 0 saturated heterocycles. The Bertz CT molecular complexity index is 292. The zero-order valence-electron chi connectivity index (χ0n) is 14.8. The molecule has 0 aromatic rings. The number of unbranched alkanes of at least 4 members (excludes halogenated alkanes) is 8. The molecule has 1 unspecified atom stereocenters. The van der Waals surface area contributed by atoms with Crippen molar-refractivity contribution in [2.45, 2.75) is 97.4 Å². The van der Waals surface area contributed by atoms with Crippen molar-refractivity contribution in [3.63, 3.8) is 0 Å². The highest BCUT2D eigenvalue weighted by Gasteiger charge is 2.16. The van der Waals surface area contributed by atoms with E-state index in [2.05, 4.69) is 19.2 Å². The Kier molecular flexibility index (Phi) is 14.1. The van der Waals surface area contributed by atoms with E-state index in [1.165, 1.54) is 38.5 Å². The standard InChI is InChI=1S/C18H35NO3/c1-4-6-8-10-12-14-17(20)19-16(3)18(21)22-15-13-11-9-7-5-2/h16H,4-15H2,1-3H3,(H,19,20). The minimum Gasteiger partial charge on any atom is -0.464 e. The highest BCUT2D eigenvalue weighted by molar-refractivity contribution is 5.84. The summed E-state index contributed by atoms with van der Waals surface area (Å²) < 4.78 is 5.19. The highest BCUT2D eigenvalue weighted by Crippen LogP contribution is 2.05. The lowest BCUT2D eigenvalue weighted by atomic mass is 10.1. The minimum absolute atomic E-state index is 0.0519. The fourth-order valence-corrected chi connectivity index (χ4v) is 2.27. The average molecular weight is 313 g/mol. The minimum atomic E-state index is -0.543. The number of nitrogens with one attached hydrogen (secondary N) is 1. The van der Waals surface area contributed by atoms with Crippen LogP contribution in [0, 0.1) is 0 Å². The van der Waals surface area contributed by atoms with Crippen LogP contribution < -0.4 is 5.32 Å². The number of ether oxygens (including phenoxy) is 1. The smallest absolute Gasteiger partial charge is 0.328 e. The van der Waals surface area contributed by atoms with E-state index in [4.69, 9.17) is 4.74 Å². The van der Waals surface area contributed by atoms with Gasteiger partial charge in [-0.2, -0.15) is 0 Å². The van der Waals surface area contributed by atoms with Crippen molar-refractivity contribution in [3.05, 3.63) is 0 Å². The highest BCUT2D eigenvalue weighted by atomic mass is 16.5. The summed E-state index contributed by atoms with van der Waals surface area (Å²) in [4.78, 5) is 23.5. The number of carbonyl (C=O) groups excluding carboxylic acids is 2. The summed E-state index contributed by atoms with van der Waals surface area (Å²) in [6.07, 6.45) is 11.7. The molecule has 0 radical (unpaired) electrons. The number of esters is 1. The quantitative estimate of drug-likeness (QED) is 0.383. The lowest BCUT2D eigenvalue weighted by Gasteiger charge is -2.13. The molecule has 130 valence electrons. The van der Waals surface area contributed by atoms with E-state index in [0.717, 1.165) is 25.7 Å². The third-order valence-corrected chi connectivity index (χ3v) is 3.73. The summed E-state index contributed by atoms with van der Waals surface area (Å²) in [5.74, 6) is -0.376. The fourth-order valence-electron chi connectivity index (χ4n) is 2.27. The van der Waals surface area contributed by atoms with Crippen LogP contribution in [0.4, 0.5) is 0 Å². The Morgan fingerprint density at radius 3 is 2.00 bits per heavy atom. The second kappa shape index (κ2) is 14.9. The molecule has 0 heterocycles. The van der Waals surface area contributed by atoms with Crippen molar-refractivity contribution in [2.75, 3.05) is 6.61 Å². The average Bonchev–Trinajstić information content (AvgIpc) is 2.50. The van der Waals surface area contributed by atoms with Crippen LogP contribution in [-0.4, -0.2) is 24.5 Å². The van der Waals surface area contributed by atoms with Gasteiger partial charge in [-0.25, -0.2) is 4.79 Å². The van der Waals surface area contributed by atoms with E-state index in [0.29, 0.717) is 13.0 Å². The maximum Gasteiger partial charge on any atom is 0.328 e. The Morgan fingerprint density at radius 1 is 0.864 bits per heavy atom. The normalized spacial score (nSPS) is 12.0. The Balaban J connectivity index is 3.60. The summed E-state index contributed by atoms with van der Waals surface area (Å²) in [7, 11) is 0. The molecule has 0 aliphatic heterocycles. The first-order valence-electron chi connectivity index (χ1n) is 9.07. The van der Waals surface area contributed by atoms with Crippen molar-refractivity contribution >= 4 is 11.9 Å². The molecule has 0 aromatic heterocycles. The van der Waals surface area contributed by atoms with Crippen molar-refractivity contribution in [1.29, 1.82) is 0 Å². The van der Waals surface area contributed by atoms with Crippen molar-refractivity contribution in [2.24, 2.45) is 0 Å². The number of carbonyl (C=O) groups is 2. The van der Waals surface area contributed by atoms with E-state index in [-0.39, 0.29) is 11.9 Å². The van der Waals surface area contributed by atoms with Crippen LogP contribution in [0.2, 0.25) is 0 Å². The topological polar surface area (TPSA) is 55.4 Å². The predicted octanol–water partition coefficient (Wildman–Crippen LogP) is 4.37. The summed E-state index contributed by atoms with van der Waals surface area (Å²) >= 11 is 0. The fraction of sp³-hybridized carbons (Fsp3) is 0.889. The van der Waals surface area contributed by atoms with Gasteiger partial charge < -0.3 is 10.1 Å². The first-order valence-corrected chi connectivity index (χ1v) is 9.07. The molecule has 22 heavy (non-hydrogen) atoms. The lowest BCUT2D eigenvalue weighted by molar-refractivity contribution is -0.147.